The van der Waals surface area contributed by atoms with E-state index in [1.54, 1.807) is 6.92 Å². The first-order valence-electron chi connectivity index (χ1n) is 5.37. The topological polar surface area (TPSA) is 46.5 Å². The number of aliphatic hydroxyl groups excluding tert-OH is 1. The number of aryl methyl sites for hydroxylation is 1. The van der Waals surface area contributed by atoms with Crippen LogP contribution in [0.2, 0.25) is 0 Å². The molecule has 0 aliphatic carbocycles. The summed E-state index contributed by atoms with van der Waals surface area (Å²) in [6, 6.07) is 7.63. The maximum Gasteiger partial charge on any atom is 0.308 e. The number of esters is 1. The van der Waals surface area contributed by atoms with E-state index in [0.29, 0.717) is 6.42 Å². The van der Waals surface area contributed by atoms with Crippen molar-refractivity contribution in [3.8, 4) is 0 Å². The van der Waals surface area contributed by atoms with E-state index in [1.165, 1.54) is 7.11 Å². The third-order valence-corrected chi connectivity index (χ3v) is 2.73. The van der Waals surface area contributed by atoms with Crippen LogP contribution < -0.4 is 0 Å². The van der Waals surface area contributed by atoms with E-state index in [2.05, 4.69) is 4.74 Å². The van der Waals surface area contributed by atoms with Crippen LogP contribution in [0.15, 0.2) is 24.3 Å². The molecule has 0 aliphatic heterocycles. The molecule has 0 saturated carbocycles. The Morgan fingerprint density at radius 3 is 2.62 bits per heavy atom. The molecule has 0 spiro atoms. The molecule has 3 heteroatoms. The molecule has 2 unspecified atom stereocenters. The van der Waals surface area contributed by atoms with Crippen LogP contribution in [0.3, 0.4) is 0 Å². The average Bonchev–Trinajstić information content (AvgIpc) is 2.28. The van der Waals surface area contributed by atoms with Crippen molar-refractivity contribution in [1.29, 1.82) is 0 Å². The Bertz CT molecular complexity index is 360. The lowest BCUT2D eigenvalue weighted by Crippen LogP contribution is -2.16. The van der Waals surface area contributed by atoms with Gasteiger partial charge in [-0.3, -0.25) is 4.79 Å². The molecule has 88 valence electrons. The summed E-state index contributed by atoms with van der Waals surface area (Å²) in [5.74, 6) is -0.577. The van der Waals surface area contributed by atoms with Gasteiger partial charge in [0, 0.05) is 0 Å². The quantitative estimate of drug-likeness (QED) is 0.795. The molecule has 1 aromatic carbocycles. The van der Waals surface area contributed by atoms with Crippen LogP contribution in [-0.4, -0.2) is 18.2 Å². The molecule has 1 N–H and O–H groups in total. The number of hydrogen-bond acceptors (Lipinski definition) is 3. The number of benzene rings is 1. The third-order valence-electron chi connectivity index (χ3n) is 2.73. The second kappa shape index (κ2) is 5.66. The lowest BCUT2D eigenvalue weighted by Gasteiger charge is -2.16. The van der Waals surface area contributed by atoms with Gasteiger partial charge < -0.3 is 9.84 Å². The fraction of sp³-hybridized carbons (Fsp3) is 0.462. The predicted molar refractivity (Wildman–Crippen MR) is 61.9 cm³/mol. The van der Waals surface area contributed by atoms with E-state index in [4.69, 9.17) is 0 Å². The van der Waals surface area contributed by atoms with Crippen LogP contribution in [0.5, 0.6) is 0 Å². The minimum atomic E-state index is -0.615. The lowest BCUT2D eigenvalue weighted by atomic mass is 9.95. The monoisotopic (exact) mass is 222 g/mol. The molecule has 16 heavy (non-hydrogen) atoms. The zero-order chi connectivity index (χ0) is 12.1. The lowest BCUT2D eigenvalue weighted by molar-refractivity contribution is -0.145. The van der Waals surface area contributed by atoms with Gasteiger partial charge in [0.1, 0.15) is 0 Å². The molecule has 1 aromatic rings. The van der Waals surface area contributed by atoms with Crippen LogP contribution in [0.1, 0.15) is 30.6 Å². The van der Waals surface area contributed by atoms with E-state index in [1.807, 2.05) is 31.2 Å². The molecule has 0 heterocycles. The maximum absolute atomic E-state index is 11.2. The smallest absolute Gasteiger partial charge is 0.308 e. The highest BCUT2D eigenvalue weighted by atomic mass is 16.5. The van der Waals surface area contributed by atoms with Gasteiger partial charge in [0.2, 0.25) is 0 Å². The summed E-state index contributed by atoms with van der Waals surface area (Å²) in [5, 5.41) is 10.0. The van der Waals surface area contributed by atoms with Crippen molar-refractivity contribution in [1.82, 2.24) is 0 Å². The molecule has 0 amide bonds. The standard InChI is InChI=1S/C13H18O3/c1-9-6-4-5-7-11(9)12(14)8-10(2)13(15)16-3/h4-7,10,12,14H,8H2,1-3H3. The largest absolute Gasteiger partial charge is 0.469 e. The minimum Gasteiger partial charge on any atom is -0.469 e. The molecule has 2 atom stereocenters. The summed E-state index contributed by atoms with van der Waals surface area (Å²) in [6.45, 7) is 3.70. The van der Waals surface area contributed by atoms with E-state index in [0.717, 1.165) is 11.1 Å². The molecule has 0 saturated heterocycles. The molecule has 0 fully saturated rings. The van der Waals surface area contributed by atoms with Gasteiger partial charge in [0.05, 0.1) is 19.1 Å². The molecule has 1 rings (SSSR count). The number of carbonyl (C=O) groups is 1. The summed E-state index contributed by atoms with van der Waals surface area (Å²) < 4.78 is 4.63. The van der Waals surface area contributed by atoms with Crippen molar-refractivity contribution >= 4 is 5.97 Å². The number of methoxy groups -OCH3 is 1. The van der Waals surface area contributed by atoms with Gasteiger partial charge in [-0.15, -0.1) is 0 Å². The van der Waals surface area contributed by atoms with Gasteiger partial charge in [-0.2, -0.15) is 0 Å². The van der Waals surface area contributed by atoms with Gasteiger partial charge in [-0.1, -0.05) is 31.2 Å². The fourth-order valence-corrected chi connectivity index (χ4v) is 1.72. The van der Waals surface area contributed by atoms with Crippen LogP contribution in [-0.2, 0) is 9.53 Å². The number of rotatable bonds is 4. The zero-order valence-corrected chi connectivity index (χ0v) is 9.93. The molecular formula is C13H18O3. The van der Waals surface area contributed by atoms with Crippen LogP contribution in [0, 0.1) is 12.8 Å². The summed E-state index contributed by atoms with van der Waals surface area (Å²) in [7, 11) is 1.36. The Labute approximate surface area is 96.1 Å². The highest BCUT2D eigenvalue weighted by Crippen LogP contribution is 2.24. The van der Waals surface area contributed by atoms with Crippen molar-refractivity contribution in [3.63, 3.8) is 0 Å². The molecule has 0 bridgehead atoms. The zero-order valence-electron chi connectivity index (χ0n) is 9.93. The Balaban J connectivity index is 2.69. The van der Waals surface area contributed by atoms with Gasteiger partial charge in [-0.05, 0) is 24.5 Å². The first kappa shape index (κ1) is 12.7. The Morgan fingerprint density at radius 1 is 1.44 bits per heavy atom. The summed E-state index contributed by atoms with van der Waals surface area (Å²) in [4.78, 5) is 11.2. The summed E-state index contributed by atoms with van der Waals surface area (Å²) in [5.41, 5.74) is 1.91. The minimum absolute atomic E-state index is 0.285. The number of ether oxygens (including phenoxy) is 1. The fourth-order valence-electron chi connectivity index (χ4n) is 1.72. The molecular weight excluding hydrogens is 204 g/mol. The van der Waals surface area contributed by atoms with Crippen molar-refractivity contribution in [2.75, 3.05) is 7.11 Å². The van der Waals surface area contributed by atoms with E-state index < -0.39 is 6.10 Å². The van der Waals surface area contributed by atoms with Crippen LogP contribution in [0.25, 0.3) is 0 Å². The second-order valence-electron chi connectivity index (χ2n) is 4.03. The highest BCUT2D eigenvalue weighted by Gasteiger charge is 2.19. The first-order valence-corrected chi connectivity index (χ1v) is 5.37. The number of aliphatic hydroxyl groups is 1. The van der Waals surface area contributed by atoms with E-state index >= 15 is 0 Å². The highest BCUT2D eigenvalue weighted by molar-refractivity contribution is 5.71. The number of carbonyl (C=O) groups excluding carboxylic acids is 1. The molecule has 3 nitrogen and oxygen atoms in total. The Kier molecular flexibility index (Phi) is 4.50. The maximum atomic E-state index is 11.2. The molecule has 0 aromatic heterocycles. The van der Waals surface area contributed by atoms with Gasteiger partial charge >= 0.3 is 5.97 Å². The third kappa shape index (κ3) is 3.07. The summed E-state index contributed by atoms with van der Waals surface area (Å²) in [6.07, 6.45) is -0.229. The van der Waals surface area contributed by atoms with Crippen LogP contribution >= 0.6 is 0 Å². The van der Waals surface area contributed by atoms with E-state index in [-0.39, 0.29) is 11.9 Å². The SMILES string of the molecule is COC(=O)C(C)CC(O)c1ccccc1C. The molecule has 0 aliphatic rings. The van der Waals surface area contributed by atoms with Crippen molar-refractivity contribution < 1.29 is 14.6 Å². The van der Waals surface area contributed by atoms with Crippen molar-refractivity contribution in [3.05, 3.63) is 35.4 Å². The summed E-state index contributed by atoms with van der Waals surface area (Å²) >= 11 is 0. The van der Waals surface area contributed by atoms with Crippen molar-refractivity contribution in [2.45, 2.75) is 26.4 Å². The van der Waals surface area contributed by atoms with Crippen molar-refractivity contribution in [2.24, 2.45) is 5.92 Å². The van der Waals surface area contributed by atoms with Gasteiger partial charge in [0.25, 0.3) is 0 Å². The predicted octanol–water partition coefficient (Wildman–Crippen LogP) is 2.23. The number of hydrogen-bond donors (Lipinski definition) is 1. The first-order chi connectivity index (χ1) is 7.56. The van der Waals surface area contributed by atoms with Gasteiger partial charge in [-0.25, -0.2) is 0 Å². The second-order valence-corrected chi connectivity index (χ2v) is 4.03. The van der Waals surface area contributed by atoms with Crippen LogP contribution in [0.4, 0.5) is 0 Å². The van der Waals surface area contributed by atoms with Gasteiger partial charge in [0.15, 0.2) is 0 Å². The Hall–Kier alpha value is -1.35. The van der Waals surface area contributed by atoms with E-state index in [9.17, 15) is 9.90 Å². The Morgan fingerprint density at radius 2 is 2.06 bits per heavy atom. The average molecular weight is 222 g/mol. The molecule has 0 radical (unpaired) electrons. The normalized spacial score (nSPS) is 14.2.